The van der Waals surface area contributed by atoms with Gasteiger partial charge in [-0.3, -0.25) is 0 Å². The molecule has 2 aromatic heterocycles. The van der Waals surface area contributed by atoms with Crippen LogP contribution in [0.15, 0.2) is 42.5 Å². The molecule has 0 radical (unpaired) electrons. The van der Waals surface area contributed by atoms with Gasteiger partial charge in [0, 0.05) is 17.7 Å². The highest BCUT2D eigenvalue weighted by atomic mass is 15.4. The molecular formula is C24H25N5. The average Bonchev–Trinajstić information content (AvgIpc) is 3.29. The summed E-state index contributed by atoms with van der Waals surface area (Å²) in [4.78, 5) is 9.56. The minimum Gasteiger partial charge on any atom is -0.340 e. The second-order valence-corrected chi connectivity index (χ2v) is 8.14. The van der Waals surface area contributed by atoms with Crippen molar-refractivity contribution in [1.82, 2.24) is 19.6 Å². The summed E-state index contributed by atoms with van der Waals surface area (Å²) in [7, 11) is 0. The third kappa shape index (κ3) is 3.48. The quantitative estimate of drug-likeness (QED) is 0.546. The van der Waals surface area contributed by atoms with Crippen molar-refractivity contribution in [2.75, 3.05) is 5.32 Å². The molecule has 0 spiro atoms. The van der Waals surface area contributed by atoms with E-state index in [1.807, 2.05) is 4.52 Å². The van der Waals surface area contributed by atoms with Crippen LogP contribution in [0, 0.1) is 20.8 Å². The van der Waals surface area contributed by atoms with Crippen LogP contribution in [-0.4, -0.2) is 19.6 Å². The summed E-state index contributed by atoms with van der Waals surface area (Å²) in [6.07, 6.45) is 3.87. The van der Waals surface area contributed by atoms with Gasteiger partial charge in [0.05, 0.1) is 5.69 Å². The van der Waals surface area contributed by atoms with Crippen molar-refractivity contribution in [2.45, 2.75) is 46.5 Å². The number of nitrogens with zero attached hydrogens (tertiary/aromatic N) is 4. The fourth-order valence-electron chi connectivity index (χ4n) is 4.20. The van der Waals surface area contributed by atoms with Crippen LogP contribution in [0.25, 0.3) is 5.78 Å². The normalized spacial score (nSPS) is 13.1. The molecule has 29 heavy (non-hydrogen) atoms. The molecule has 0 saturated heterocycles. The SMILES string of the molecule is Cc1ccc(Cc2nc3nc4c(c(Nc5cc(C)cc(C)c5)n3n2)CCC4)cc1. The lowest BCUT2D eigenvalue weighted by Gasteiger charge is -2.13. The Kier molecular flexibility index (Phi) is 4.31. The summed E-state index contributed by atoms with van der Waals surface area (Å²) in [5.74, 6) is 2.49. The third-order valence-corrected chi connectivity index (χ3v) is 5.52. The van der Waals surface area contributed by atoms with Gasteiger partial charge in [0.2, 0.25) is 0 Å². The molecule has 0 saturated carbocycles. The van der Waals surface area contributed by atoms with Crippen molar-refractivity contribution in [2.24, 2.45) is 0 Å². The van der Waals surface area contributed by atoms with Gasteiger partial charge in [-0.05, 0) is 68.9 Å². The van der Waals surface area contributed by atoms with Crippen LogP contribution in [-0.2, 0) is 19.3 Å². The minimum absolute atomic E-state index is 0.680. The molecule has 146 valence electrons. The molecule has 5 nitrogen and oxygen atoms in total. The number of aryl methyl sites for hydroxylation is 4. The lowest BCUT2D eigenvalue weighted by atomic mass is 10.1. The van der Waals surface area contributed by atoms with Crippen molar-refractivity contribution >= 4 is 17.3 Å². The monoisotopic (exact) mass is 383 g/mol. The molecule has 0 amide bonds. The lowest BCUT2D eigenvalue weighted by Crippen LogP contribution is -2.07. The summed E-state index contributed by atoms with van der Waals surface area (Å²) < 4.78 is 1.89. The van der Waals surface area contributed by atoms with Gasteiger partial charge in [-0.2, -0.15) is 9.50 Å². The first kappa shape index (κ1) is 17.9. The van der Waals surface area contributed by atoms with E-state index >= 15 is 0 Å². The predicted octanol–water partition coefficient (Wildman–Crippen LogP) is 4.87. The average molecular weight is 383 g/mol. The molecule has 0 unspecified atom stereocenters. The number of benzene rings is 2. The van der Waals surface area contributed by atoms with Crippen LogP contribution in [0.5, 0.6) is 0 Å². The number of hydrogen-bond donors (Lipinski definition) is 1. The number of hydrogen-bond acceptors (Lipinski definition) is 4. The summed E-state index contributed by atoms with van der Waals surface area (Å²) in [6, 6.07) is 15.1. The number of fused-ring (bicyclic) bond motifs is 2. The summed E-state index contributed by atoms with van der Waals surface area (Å²) in [5.41, 5.74) is 8.46. The zero-order chi connectivity index (χ0) is 20.0. The molecule has 0 atom stereocenters. The van der Waals surface area contributed by atoms with Crippen molar-refractivity contribution in [3.63, 3.8) is 0 Å². The standard InChI is InChI=1S/C24H25N5/c1-15-7-9-18(10-8-15)14-22-27-24-26-21-6-4-5-20(21)23(29(24)28-22)25-19-12-16(2)11-17(3)13-19/h7-13,25H,4-6,14H2,1-3H3. The van der Waals surface area contributed by atoms with Crippen molar-refractivity contribution in [3.05, 3.63) is 81.8 Å². The Morgan fingerprint density at radius 3 is 2.41 bits per heavy atom. The third-order valence-electron chi connectivity index (χ3n) is 5.52. The molecule has 1 aliphatic carbocycles. The first-order chi connectivity index (χ1) is 14.0. The highest BCUT2D eigenvalue weighted by molar-refractivity contribution is 5.65. The maximum absolute atomic E-state index is 4.83. The molecule has 0 aliphatic heterocycles. The van der Waals surface area contributed by atoms with Gasteiger partial charge in [0.25, 0.3) is 5.78 Å². The van der Waals surface area contributed by atoms with E-state index in [0.29, 0.717) is 12.2 Å². The second kappa shape index (κ2) is 6.99. The Morgan fingerprint density at radius 2 is 1.66 bits per heavy atom. The van der Waals surface area contributed by atoms with E-state index in [9.17, 15) is 0 Å². The Bertz CT molecular complexity index is 1180. The van der Waals surface area contributed by atoms with Crippen molar-refractivity contribution < 1.29 is 0 Å². The zero-order valence-electron chi connectivity index (χ0n) is 17.2. The Hall–Kier alpha value is -3.21. The molecule has 2 heterocycles. The van der Waals surface area contributed by atoms with E-state index in [1.165, 1.54) is 27.8 Å². The Balaban J connectivity index is 1.57. The van der Waals surface area contributed by atoms with E-state index in [2.05, 4.69) is 68.6 Å². The second-order valence-electron chi connectivity index (χ2n) is 8.14. The summed E-state index contributed by atoms with van der Waals surface area (Å²) >= 11 is 0. The molecule has 5 heteroatoms. The molecule has 0 fully saturated rings. The molecule has 5 rings (SSSR count). The lowest BCUT2D eigenvalue weighted by molar-refractivity contribution is 0.884. The Labute approximate surface area is 170 Å². The molecule has 1 N–H and O–H groups in total. The molecule has 2 aromatic carbocycles. The molecule has 1 aliphatic rings. The van der Waals surface area contributed by atoms with Gasteiger partial charge < -0.3 is 5.32 Å². The summed E-state index contributed by atoms with van der Waals surface area (Å²) in [5, 5.41) is 8.46. The van der Waals surface area contributed by atoms with Gasteiger partial charge in [0.15, 0.2) is 5.82 Å². The van der Waals surface area contributed by atoms with Crippen molar-refractivity contribution in [1.29, 1.82) is 0 Å². The molecule has 0 bridgehead atoms. The highest BCUT2D eigenvalue weighted by Crippen LogP contribution is 2.31. The smallest absolute Gasteiger partial charge is 0.254 e. The van der Waals surface area contributed by atoms with Crippen LogP contribution in [0.1, 0.15) is 45.8 Å². The van der Waals surface area contributed by atoms with E-state index < -0.39 is 0 Å². The first-order valence-corrected chi connectivity index (χ1v) is 10.2. The minimum atomic E-state index is 0.680. The van der Waals surface area contributed by atoms with Gasteiger partial charge in [0.1, 0.15) is 5.82 Å². The van der Waals surface area contributed by atoms with Crippen LogP contribution in [0.3, 0.4) is 0 Å². The first-order valence-electron chi connectivity index (χ1n) is 10.2. The van der Waals surface area contributed by atoms with E-state index in [4.69, 9.17) is 15.1 Å². The van der Waals surface area contributed by atoms with Crippen LogP contribution in [0.4, 0.5) is 11.5 Å². The summed E-state index contributed by atoms with van der Waals surface area (Å²) in [6.45, 7) is 6.35. The van der Waals surface area contributed by atoms with Gasteiger partial charge in [-0.15, -0.1) is 5.10 Å². The Morgan fingerprint density at radius 1 is 0.897 bits per heavy atom. The largest absolute Gasteiger partial charge is 0.340 e. The van der Waals surface area contributed by atoms with Gasteiger partial charge in [-0.25, -0.2) is 4.98 Å². The fourth-order valence-corrected chi connectivity index (χ4v) is 4.20. The number of rotatable bonds is 4. The van der Waals surface area contributed by atoms with Crippen LogP contribution >= 0.6 is 0 Å². The van der Waals surface area contributed by atoms with Gasteiger partial charge >= 0.3 is 0 Å². The number of nitrogens with one attached hydrogen (secondary N) is 1. The van der Waals surface area contributed by atoms with Crippen molar-refractivity contribution in [3.8, 4) is 0 Å². The number of anilines is 2. The topological polar surface area (TPSA) is 55.1 Å². The van der Waals surface area contributed by atoms with Gasteiger partial charge in [-0.1, -0.05) is 35.9 Å². The predicted molar refractivity (Wildman–Crippen MR) is 116 cm³/mol. The molecular weight excluding hydrogens is 358 g/mol. The number of aromatic nitrogens is 4. The highest BCUT2D eigenvalue weighted by Gasteiger charge is 2.22. The van der Waals surface area contributed by atoms with Crippen LogP contribution < -0.4 is 5.32 Å². The maximum Gasteiger partial charge on any atom is 0.254 e. The maximum atomic E-state index is 4.83. The van der Waals surface area contributed by atoms with Crippen LogP contribution in [0.2, 0.25) is 0 Å². The van der Waals surface area contributed by atoms with E-state index in [1.54, 1.807) is 0 Å². The fraction of sp³-hybridized carbons (Fsp3) is 0.292. The van der Waals surface area contributed by atoms with E-state index in [-0.39, 0.29) is 0 Å². The zero-order valence-corrected chi connectivity index (χ0v) is 17.2. The molecule has 4 aromatic rings. The van der Waals surface area contributed by atoms with E-state index in [0.717, 1.165) is 42.3 Å².